The topological polar surface area (TPSA) is 77.5 Å². The molecule has 0 spiro atoms. The van der Waals surface area contributed by atoms with Gasteiger partial charge in [-0.1, -0.05) is 11.6 Å². The molecule has 8 heteroatoms. The molecule has 1 aromatic carbocycles. The number of benzene rings is 1. The Kier molecular flexibility index (Phi) is 5.50. The number of carbonyl (C=O) groups is 2. The average Bonchev–Trinajstić information content (AvgIpc) is 3.15. The van der Waals surface area contributed by atoms with Gasteiger partial charge in [0.25, 0.3) is 5.91 Å². The van der Waals surface area contributed by atoms with E-state index in [0.29, 0.717) is 32.1 Å². The number of thiophene rings is 1. The van der Waals surface area contributed by atoms with Gasteiger partial charge in [0.2, 0.25) is 5.88 Å². The highest BCUT2D eigenvalue weighted by atomic mass is 35.5. The summed E-state index contributed by atoms with van der Waals surface area (Å²) in [7, 11) is 1.29. The molecule has 1 amide bonds. The van der Waals surface area contributed by atoms with Gasteiger partial charge in [0.05, 0.1) is 23.9 Å². The lowest BCUT2D eigenvalue weighted by atomic mass is 10.3. The van der Waals surface area contributed by atoms with Crippen molar-refractivity contribution >= 4 is 40.5 Å². The largest absolute Gasteiger partial charge is 0.465 e. The first kappa shape index (κ1) is 17.9. The van der Waals surface area contributed by atoms with E-state index in [1.54, 1.807) is 48.5 Å². The van der Waals surface area contributed by atoms with E-state index >= 15 is 0 Å². The van der Waals surface area contributed by atoms with Crippen LogP contribution >= 0.6 is 22.9 Å². The van der Waals surface area contributed by atoms with E-state index in [4.69, 9.17) is 16.3 Å². The number of anilines is 1. The van der Waals surface area contributed by atoms with Crippen LogP contribution in [-0.4, -0.2) is 24.0 Å². The standard InChI is InChI=1S/C18H13ClN2O4S/c1-24-18(23)15-8-7-14(26-15)17(22)21-12-4-9-16(20-10-12)25-13-5-2-11(19)3-6-13/h2-10H,1H3,(H,21,22). The fourth-order valence-electron chi connectivity index (χ4n) is 2.00. The number of ether oxygens (including phenoxy) is 2. The number of methoxy groups -OCH3 is 1. The molecule has 6 nitrogen and oxygen atoms in total. The van der Waals surface area contributed by atoms with Crippen molar-refractivity contribution < 1.29 is 19.1 Å². The summed E-state index contributed by atoms with van der Waals surface area (Å²) in [5.74, 6) is 0.180. The minimum Gasteiger partial charge on any atom is -0.465 e. The highest BCUT2D eigenvalue weighted by Gasteiger charge is 2.14. The normalized spacial score (nSPS) is 10.2. The van der Waals surface area contributed by atoms with Crippen LogP contribution in [0.15, 0.2) is 54.7 Å². The summed E-state index contributed by atoms with van der Waals surface area (Å²) in [5, 5.41) is 3.33. The van der Waals surface area contributed by atoms with Crippen LogP contribution in [0.25, 0.3) is 0 Å². The van der Waals surface area contributed by atoms with E-state index in [-0.39, 0.29) is 5.91 Å². The van der Waals surface area contributed by atoms with Crippen LogP contribution < -0.4 is 10.1 Å². The third kappa shape index (κ3) is 4.38. The van der Waals surface area contributed by atoms with Crippen LogP contribution in [0.5, 0.6) is 11.6 Å². The summed E-state index contributed by atoms with van der Waals surface area (Å²) in [4.78, 5) is 28.6. The molecule has 3 rings (SSSR count). The number of halogens is 1. The molecule has 2 aromatic heterocycles. The molecule has 0 atom stereocenters. The van der Waals surface area contributed by atoms with Gasteiger partial charge in [-0.3, -0.25) is 4.79 Å². The molecule has 0 fully saturated rings. The molecule has 2 heterocycles. The van der Waals surface area contributed by atoms with Crippen LogP contribution in [0.2, 0.25) is 5.02 Å². The Morgan fingerprint density at radius 3 is 2.42 bits per heavy atom. The summed E-state index contributed by atoms with van der Waals surface area (Å²) in [6.07, 6.45) is 1.48. The van der Waals surface area contributed by atoms with Gasteiger partial charge < -0.3 is 14.8 Å². The van der Waals surface area contributed by atoms with Gasteiger partial charge in [-0.2, -0.15) is 0 Å². The third-order valence-corrected chi connectivity index (χ3v) is 4.56. The Hall–Kier alpha value is -2.90. The Morgan fingerprint density at radius 2 is 1.77 bits per heavy atom. The lowest BCUT2D eigenvalue weighted by Crippen LogP contribution is -2.10. The second-order valence-corrected chi connectivity index (χ2v) is 6.57. The minimum atomic E-state index is -0.473. The monoisotopic (exact) mass is 388 g/mol. The molecular formula is C18H13ClN2O4S. The summed E-state index contributed by atoms with van der Waals surface area (Å²) in [5.41, 5.74) is 0.506. The lowest BCUT2D eigenvalue weighted by molar-refractivity contribution is 0.0606. The van der Waals surface area contributed by atoms with Crippen molar-refractivity contribution in [2.75, 3.05) is 12.4 Å². The quantitative estimate of drug-likeness (QED) is 0.645. The molecule has 0 unspecified atom stereocenters. The number of nitrogens with one attached hydrogen (secondary N) is 1. The number of hydrogen-bond acceptors (Lipinski definition) is 6. The summed E-state index contributed by atoms with van der Waals surface area (Å²) < 4.78 is 10.2. The molecule has 0 aliphatic heterocycles. The minimum absolute atomic E-state index is 0.335. The number of hydrogen-bond donors (Lipinski definition) is 1. The van der Waals surface area contributed by atoms with Gasteiger partial charge in [-0.25, -0.2) is 9.78 Å². The Bertz CT molecular complexity index is 923. The highest BCUT2D eigenvalue weighted by Crippen LogP contribution is 2.23. The van der Waals surface area contributed by atoms with Gasteiger partial charge in [0.15, 0.2) is 0 Å². The van der Waals surface area contributed by atoms with Crippen LogP contribution in [0.4, 0.5) is 5.69 Å². The summed E-state index contributed by atoms with van der Waals surface area (Å²) in [6.45, 7) is 0. The van der Waals surface area contributed by atoms with Crippen molar-refractivity contribution in [3.05, 3.63) is 69.5 Å². The number of rotatable bonds is 5. The van der Waals surface area contributed by atoms with Crippen molar-refractivity contribution in [2.24, 2.45) is 0 Å². The number of esters is 1. The third-order valence-electron chi connectivity index (χ3n) is 3.25. The number of pyridine rings is 1. The zero-order valence-electron chi connectivity index (χ0n) is 13.6. The van der Waals surface area contributed by atoms with Gasteiger partial charge in [-0.15, -0.1) is 11.3 Å². The second kappa shape index (κ2) is 7.99. The van der Waals surface area contributed by atoms with Crippen LogP contribution in [0.3, 0.4) is 0 Å². The molecule has 26 heavy (non-hydrogen) atoms. The Labute approximate surface area is 158 Å². The van der Waals surface area contributed by atoms with Crippen molar-refractivity contribution in [3.8, 4) is 11.6 Å². The van der Waals surface area contributed by atoms with Gasteiger partial charge in [-0.05, 0) is 42.5 Å². The molecule has 0 aliphatic rings. The number of carbonyl (C=O) groups excluding carboxylic acids is 2. The number of amides is 1. The van der Waals surface area contributed by atoms with Gasteiger partial charge >= 0.3 is 5.97 Å². The molecule has 0 saturated heterocycles. The van der Waals surface area contributed by atoms with Gasteiger partial charge in [0.1, 0.15) is 10.6 Å². The van der Waals surface area contributed by atoms with Crippen LogP contribution in [-0.2, 0) is 4.74 Å². The predicted molar refractivity (Wildman–Crippen MR) is 99.4 cm³/mol. The Balaban J connectivity index is 1.63. The number of aromatic nitrogens is 1. The van der Waals surface area contributed by atoms with Gasteiger partial charge in [0, 0.05) is 11.1 Å². The zero-order valence-corrected chi connectivity index (χ0v) is 15.1. The Morgan fingerprint density at radius 1 is 1.04 bits per heavy atom. The maximum atomic E-state index is 12.2. The van der Waals surface area contributed by atoms with E-state index in [1.165, 1.54) is 13.3 Å². The van der Waals surface area contributed by atoms with E-state index in [9.17, 15) is 9.59 Å². The summed E-state index contributed by atoms with van der Waals surface area (Å²) >= 11 is 6.88. The molecule has 0 aliphatic carbocycles. The highest BCUT2D eigenvalue weighted by molar-refractivity contribution is 7.16. The molecule has 1 N–H and O–H groups in total. The molecule has 0 radical (unpaired) electrons. The predicted octanol–water partition coefficient (Wildman–Crippen LogP) is 4.63. The first-order valence-electron chi connectivity index (χ1n) is 7.44. The zero-order chi connectivity index (χ0) is 18.5. The fourth-order valence-corrected chi connectivity index (χ4v) is 2.95. The molecule has 3 aromatic rings. The van der Waals surface area contributed by atoms with E-state index < -0.39 is 5.97 Å². The smallest absolute Gasteiger partial charge is 0.348 e. The van der Waals surface area contributed by atoms with Crippen molar-refractivity contribution in [1.29, 1.82) is 0 Å². The second-order valence-electron chi connectivity index (χ2n) is 5.05. The van der Waals surface area contributed by atoms with Crippen molar-refractivity contribution in [2.45, 2.75) is 0 Å². The molecular weight excluding hydrogens is 376 g/mol. The molecule has 132 valence electrons. The van der Waals surface area contributed by atoms with Crippen LogP contribution in [0, 0.1) is 0 Å². The maximum Gasteiger partial charge on any atom is 0.348 e. The van der Waals surface area contributed by atoms with E-state index in [1.807, 2.05) is 0 Å². The van der Waals surface area contributed by atoms with Crippen LogP contribution in [0.1, 0.15) is 19.3 Å². The van der Waals surface area contributed by atoms with E-state index in [0.717, 1.165) is 11.3 Å². The van der Waals surface area contributed by atoms with Crippen molar-refractivity contribution in [1.82, 2.24) is 4.98 Å². The molecule has 0 bridgehead atoms. The first-order chi connectivity index (χ1) is 12.5. The SMILES string of the molecule is COC(=O)c1ccc(C(=O)Nc2ccc(Oc3ccc(Cl)cc3)nc2)s1. The maximum absolute atomic E-state index is 12.2. The summed E-state index contributed by atoms with van der Waals surface area (Å²) in [6, 6.07) is 13.3. The average molecular weight is 389 g/mol. The fraction of sp³-hybridized carbons (Fsp3) is 0.0556. The first-order valence-corrected chi connectivity index (χ1v) is 8.63. The van der Waals surface area contributed by atoms with E-state index in [2.05, 4.69) is 15.0 Å². The molecule has 0 saturated carbocycles. The van der Waals surface area contributed by atoms with Crippen molar-refractivity contribution in [3.63, 3.8) is 0 Å². The number of nitrogens with zero attached hydrogens (tertiary/aromatic N) is 1. The lowest BCUT2D eigenvalue weighted by Gasteiger charge is -2.06.